The summed E-state index contributed by atoms with van der Waals surface area (Å²) in [7, 11) is 0. The lowest BCUT2D eigenvalue weighted by Gasteiger charge is -2.31. The molecule has 0 spiro atoms. The van der Waals surface area contributed by atoms with Crippen molar-refractivity contribution in [2.45, 2.75) is 65.3 Å². The molecular weight excluding hydrogens is 434 g/mol. The van der Waals surface area contributed by atoms with E-state index in [9.17, 15) is 4.79 Å². The van der Waals surface area contributed by atoms with Crippen molar-refractivity contribution in [2.75, 3.05) is 32.7 Å². The number of unbranched alkanes of at least 4 members (excludes halogenated alkanes) is 1. The van der Waals surface area contributed by atoms with Gasteiger partial charge in [0.05, 0.1) is 5.69 Å². The summed E-state index contributed by atoms with van der Waals surface area (Å²) >= 11 is 5.99. The second kappa shape index (κ2) is 11.6. The quantitative estimate of drug-likeness (QED) is 0.420. The smallest absolute Gasteiger partial charge is 0.226 e. The maximum Gasteiger partial charge on any atom is 0.226 e. The molecule has 5 nitrogen and oxygen atoms in total. The van der Waals surface area contributed by atoms with Crippen LogP contribution in [0.4, 0.5) is 0 Å². The van der Waals surface area contributed by atoms with Crippen molar-refractivity contribution in [1.82, 2.24) is 14.8 Å². The van der Waals surface area contributed by atoms with Crippen molar-refractivity contribution in [2.24, 2.45) is 11.8 Å². The fourth-order valence-electron chi connectivity index (χ4n) is 5.24. The lowest BCUT2D eigenvalue weighted by atomic mass is 9.90. The number of piperidine rings is 2. The van der Waals surface area contributed by atoms with Gasteiger partial charge < -0.3 is 9.32 Å². The van der Waals surface area contributed by atoms with E-state index in [1.165, 1.54) is 25.9 Å². The average Bonchev–Trinajstić information content (AvgIpc) is 3.17. The molecule has 0 N–H and O–H groups in total. The molecule has 0 radical (unpaired) electrons. The van der Waals surface area contributed by atoms with E-state index in [2.05, 4.69) is 16.7 Å². The van der Waals surface area contributed by atoms with Crippen LogP contribution in [0.25, 0.3) is 11.5 Å². The Morgan fingerprint density at radius 3 is 2.58 bits per heavy atom. The summed E-state index contributed by atoms with van der Waals surface area (Å²) in [4.78, 5) is 22.4. The van der Waals surface area contributed by atoms with Gasteiger partial charge in [-0.05, 0) is 102 Å². The summed E-state index contributed by atoms with van der Waals surface area (Å²) in [5.41, 5.74) is 1.92. The number of benzene rings is 1. The zero-order valence-corrected chi connectivity index (χ0v) is 20.9. The molecule has 2 saturated heterocycles. The van der Waals surface area contributed by atoms with Crippen LogP contribution in [0.5, 0.6) is 0 Å². The van der Waals surface area contributed by atoms with Crippen molar-refractivity contribution in [3.05, 3.63) is 40.7 Å². The van der Waals surface area contributed by atoms with E-state index < -0.39 is 0 Å². The summed E-state index contributed by atoms with van der Waals surface area (Å²) in [6.45, 7) is 10.6. The molecule has 2 fully saturated rings. The highest BCUT2D eigenvalue weighted by molar-refractivity contribution is 6.30. The number of hydrogen-bond donors (Lipinski definition) is 0. The van der Waals surface area contributed by atoms with Crippen LogP contribution in [0.2, 0.25) is 5.02 Å². The first-order valence-electron chi connectivity index (χ1n) is 12.7. The van der Waals surface area contributed by atoms with Gasteiger partial charge in [0.15, 0.2) is 0 Å². The van der Waals surface area contributed by atoms with Gasteiger partial charge in [0.2, 0.25) is 5.89 Å². The molecule has 0 aliphatic carbocycles. The number of halogens is 1. The van der Waals surface area contributed by atoms with E-state index in [4.69, 9.17) is 21.0 Å². The second-order valence-corrected chi connectivity index (χ2v) is 10.5. The van der Waals surface area contributed by atoms with Gasteiger partial charge in [0, 0.05) is 36.0 Å². The number of rotatable bonds is 9. The topological polar surface area (TPSA) is 49.6 Å². The minimum atomic E-state index is 0.235. The fourth-order valence-corrected chi connectivity index (χ4v) is 5.37. The number of oxazole rings is 1. The largest absolute Gasteiger partial charge is 0.441 e. The van der Waals surface area contributed by atoms with Gasteiger partial charge in [-0.3, -0.25) is 9.69 Å². The molecule has 1 unspecified atom stereocenters. The molecule has 0 amide bonds. The van der Waals surface area contributed by atoms with Gasteiger partial charge in [0.1, 0.15) is 11.5 Å². The molecule has 4 rings (SSSR count). The summed E-state index contributed by atoms with van der Waals surface area (Å²) in [6, 6.07) is 7.57. The maximum absolute atomic E-state index is 12.7. The minimum Gasteiger partial charge on any atom is -0.441 e. The first-order chi connectivity index (χ1) is 16.0. The summed E-state index contributed by atoms with van der Waals surface area (Å²) < 4.78 is 5.91. The number of likely N-dealkylation sites (tertiary alicyclic amines) is 2. The standard InChI is InChI=1S/C27H38ClN3O2/c1-20-6-5-15-30(18-20)14-4-3-7-26(32)22-12-16-31(17-13-22)19-25-21(2)33-27(29-25)23-8-10-24(28)11-9-23/h8-11,20,22H,3-7,12-19H2,1-2H3. The third-order valence-corrected chi connectivity index (χ3v) is 7.54. The zero-order chi connectivity index (χ0) is 23.2. The van der Waals surface area contributed by atoms with Gasteiger partial charge in [-0.25, -0.2) is 4.98 Å². The van der Waals surface area contributed by atoms with Crippen molar-refractivity contribution in [3.63, 3.8) is 0 Å². The van der Waals surface area contributed by atoms with E-state index in [0.717, 1.165) is 81.2 Å². The number of carbonyl (C=O) groups excluding carboxylic acids is 1. The Kier molecular flexibility index (Phi) is 8.61. The van der Waals surface area contributed by atoms with Crippen LogP contribution >= 0.6 is 11.6 Å². The Labute approximate surface area is 203 Å². The number of nitrogens with zero attached hydrogens (tertiary/aromatic N) is 3. The lowest BCUT2D eigenvalue weighted by molar-refractivity contribution is -0.124. The predicted molar refractivity (Wildman–Crippen MR) is 133 cm³/mol. The van der Waals surface area contributed by atoms with Crippen molar-refractivity contribution in [1.29, 1.82) is 0 Å². The number of aromatic nitrogens is 1. The van der Waals surface area contributed by atoms with E-state index in [-0.39, 0.29) is 5.92 Å². The number of hydrogen-bond acceptors (Lipinski definition) is 5. The molecule has 2 aromatic rings. The third-order valence-electron chi connectivity index (χ3n) is 7.29. The highest BCUT2D eigenvalue weighted by atomic mass is 35.5. The van der Waals surface area contributed by atoms with Gasteiger partial charge in [-0.15, -0.1) is 0 Å². The van der Waals surface area contributed by atoms with Crippen LogP contribution < -0.4 is 0 Å². The summed E-state index contributed by atoms with van der Waals surface area (Å²) in [6.07, 6.45) is 7.56. The van der Waals surface area contributed by atoms with Gasteiger partial charge in [-0.2, -0.15) is 0 Å². The van der Waals surface area contributed by atoms with E-state index in [1.54, 1.807) is 0 Å². The molecular formula is C27H38ClN3O2. The van der Waals surface area contributed by atoms with Crippen molar-refractivity contribution >= 4 is 17.4 Å². The highest BCUT2D eigenvalue weighted by Crippen LogP contribution is 2.26. The van der Waals surface area contributed by atoms with Gasteiger partial charge in [-0.1, -0.05) is 18.5 Å². The molecule has 180 valence electrons. The fraction of sp³-hybridized carbons (Fsp3) is 0.630. The Morgan fingerprint density at radius 1 is 1.09 bits per heavy atom. The van der Waals surface area contributed by atoms with Gasteiger partial charge in [0.25, 0.3) is 0 Å². The molecule has 2 aliphatic rings. The molecule has 0 bridgehead atoms. The highest BCUT2D eigenvalue weighted by Gasteiger charge is 2.26. The molecule has 0 saturated carbocycles. The van der Waals surface area contributed by atoms with Crippen LogP contribution in [0.15, 0.2) is 28.7 Å². The van der Waals surface area contributed by atoms with Crippen LogP contribution in [0.3, 0.4) is 0 Å². The average molecular weight is 472 g/mol. The Balaban J connectivity index is 1.17. The van der Waals surface area contributed by atoms with Crippen molar-refractivity contribution < 1.29 is 9.21 Å². The van der Waals surface area contributed by atoms with Crippen LogP contribution in [0, 0.1) is 18.8 Å². The SMILES string of the molecule is Cc1oc(-c2ccc(Cl)cc2)nc1CN1CCC(C(=O)CCCCN2CCCC(C)C2)CC1. The first kappa shape index (κ1) is 24.4. The second-order valence-electron chi connectivity index (χ2n) is 10.1. The van der Waals surface area contributed by atoms with E-state index >= 15 is 0 Å². The number of Topliss-reactive ketones (excluding diaryl/α,β-unsaturated/α-hetero) is 1. The lowest BCUT2D eigenvalue weighted by Crippen LogP contribution is -2.36. The number of carbonyl (C=O) groups is 1. The monoisotopic (exact) mass is 471 g/mol. The van der Waals surface area contributed by atoms with E-state index in [1.807, 2.05) is 31.2 Å². The molecule has 1 atom stereocenters. The predicted octanol–water partition coefficient (Wildman–Crippen LogP) is 5.99. The summed E-state index contributed by atoms with van der Waals surface area (Å²) in [5.74, 6) is 3.05. The molecule has 2 aliphatic heterocycles. The van der Waals surface area contributed by atoms with Gasteiger partial charge >= 0.3 is 0 Å². The number of aryl methyl sites for hydroxylation is 1. The molecule has 3 heterocycles. The zero-order valence-electron chi connectivity index (χ0n) is 20.2. The van der Waals surface area contributed by atoms with Crippen LogP contribution in [0.1, 0.15) is 63.3 Å². The van der Waals surface area contributed by atoms with Crippen LogP contribution in [-0.2, 0) is 11.3 Å². The normalized spacial score (nSPS) is 20.9. The van der Waals surface area contributed by atoms with E-state index in [0.29, 0.717) is 16.7 Å². The molecule has 1 aromatic heterocycles. The Hall–Kier alpha value is -1.69. The minimum absolute atomic E-state index is 0.235. The molecule has 6 heteroatoms. The first-order valence-corrected chi connectivity index (χ1v) is 13.1. The molecule has 33 heavy (non-hydrogen) atoms. The third kappa shape index (κ3) is 6.91. The van der Waals surface area contributed by atoms with Crippen molar-refractivity contribution in [3.8, 4) is 11.5 Å². The van der Waals surface area contributed by atoms with Crippen LogP contribution in [-0.4, -0.2) is 53.3 Å². The summed E-state index contributed by atoms with van der Waals surface area (Å²) in [5, 5.41) is 0.705. The Bertz CT molecular complexity index is 903. The maximum atomic E-state index is 12.7. The number of ketones is 1. The molecule has 1 aromatic carbocycles. The Morgan fingerprint density at radius 2 is 1.85 bits per heavy atom.